The van der Waals surface area contributed by atoms with Crippen molar-refractivity contribution >= 4 is 19.9 Å². The quantitative estimate of drug-likeness (QED) is 0.521. The third-order valence-corrected chi connectivity index (χ3v) is 8.94. The van der Waals surface area contributed by atoms with Crippen LogP contribution in [0.25, 0.3) is 0 Å². The highest BCUT2D eigenvalue weighted by Crippen LogP contribution is 2.72. The summed E-state index contributed by atoms with van der Waals surface area (Å²) in [5.41, 5.74) is 3.22. The van der Waals surface area contributed by atoms with Crippen molar-refractivity contribution in [3.63, 3.8) is 0 Å². The van der Waals surface area contributed by atoms with E-state index in [1.807, 2.05) is 82.3 Å². The fraction of sp³-hybridized carbons (Fsp3) is 0.182. The van der Waals surface area contributed by atoms with Crippen LogP contribution in [0.5, 0.6) is 11.5 Å². The highest BCUT2D eigenvalue weighted by Gasteiger charge is 2.30. The van der Waals surface area contributed by atoms with Crippen LogP contribution in [-0.4, -0.2) is 10.2 Å². The van der Waals surface area contributed by atoms with Crippen molar-refractivity contribution in [3.05, 3.63) is 76.9 Å². The number of aromatic hydroxyl groups is 2. The number of phenolic OH excluding ortho intramolecular Hbond substituents is 2. The minimum atomic E-state index is -2.05. The molecule has 0 unspecified atom stereocenters. The lowest BCUT2D eigenvalue weighted by atomic mass is 10.1. The lowest BCUT2D eigenvalue weighted by Gasteiger charge is -2.35. The third-order valence-electron chi connectivity index (χ3n) is 4.65. The summed E-state index contributed by atoms with van der Waals surface area (Å²) in [6.45, 7) is 7.56. The number of hydrogen-bond acceptors (Lipinski definition) is 2. The molecule has 0 fully saturated rings. The van der Waals surface area contributed by atoms with Gasteiger partial charge in [-0.05, 0) is 86.3 Å². The van der Waals surface area contributed by atoms with E-state index in [4.69, 9.17) is 10.7 Å². The Morgan fingerprint density at radius 1 is 0.615 bits per heavy atom. The number of hydrogen-bond donors (Lipinski definition) is 2. The predicted octanol–water partition coefficient (Wildman–Crippen LogP) is 6.77. The molecular weight excluding hydrogens is 364 g/mol. The topological polar surface area (TPSA) is 40.5 Å². The second kappa shape index (κ2) is 6.90. The van der Waals surface area contributed by atoms with E-state index in [1.54, 1.807) is 0 Å². The van der Waals surface area contributed by atoms with E-state index in [2.05, 4.69) is 0 Å². The van der Waals surface area contributed by atoms with Crippen molar-refractivity contribution < 1.29 is 10.2 Å². The molecule has 0 bridgehead atoms. The summed E-state index contributed by atoms with van der Waals surface area (Å²) in [6, 6.07) is 17.9. The average molecular weight is 387 g/mol. The van der Waals surface area contributed by atoms with Crippen LogP contribution in [-0.2, 0) is 0 Å². The Morgan fingerprint density at radius 2 is 0.962 bits per heavy atom. The molecule has 0 saturated heterocycles. The van der Waals surface area contributed by atoms with Gasteiger partial charge in [-0.1, -0.05) is 38.1 Å². The first-order valence-corrected chi connectivity index (χ1v) is 10.9. The van der Waals surface area contributed by atoms with E-state index in [0.717, 1.165) is 36.9 Å². The molecule has 0 aliphatic rings. The zero-order valence-corrected chi connectivity index (χ0v) is 16.9. The van der Waals surface area contributed by atoms with Crippen molar-refractivity contribution in [2.45, 2.75) is 42.4 Å². The summed E-state index contributed by atoms with van der Waals surface area (Å²) in [5, 5.41) is 20.4. The summed E-state index contributed by atoms with van der Waals surface area (Å²) in [5.74, 6) is 0.608. The number of rotatable bonds is 3. The van der Waals surface area contributed by atoms with Crippen LogP contribution in [0.4, 0.5) is 0 Å². The van der Waals surface area contributed by atoms with E-state index < -0.39 is 9.24 Å². The Labute approximate surface area is 160 Å². The SMILES string of the molecule is Cc1cc(S(Cl)(c2ccccc2)c2cc(C)c(O)c(C)c2)cc(C)c1O. The van der Waals surface area contributed by atoms with Gasteiger partial charge in [-0.25, -0.2) is 0 Å². The molecule has 136 valence electrons. The second-order valence-corrected chi connectivity index (χ2v) is 10.5. The van der Waals surface area contributed by atoms with E-state index in [1.165, 1.54) is 0 Å². The Balaban J connectivity index is 2.35. The maximum absolute atomic E-state index is 10.2. The first-order chi connectivity index (χ1) is 12.2. The van der Waals surface area contributed by atoms with Crippen LogP contribution < -0.4 is 0 Å². The Bertz CT molecular complexity index is 864. The molecule has 2 N–H and O–H groups in total. The first kappa shape index (κ1) is 18.7. The molecule has 0 heterocycles. The molecule has 3 rings (SSSR count). The molecule has 26 heavy (non-hydrogen) atoms. The lowest BCUT2D eigenvalue weighted by Crippen LogP contribution is -2.00. The summed E-state index contributed by atoms with van der Waals surface area (Å²) >= 11 is 0. The van der Waals surface area contributed by atoms with Gasteiger partial charge in [0.15, 0.2) is 0 Å². The van der Waals surface area contributed by atoms with Crippen molar-refractivity contribution in [3.8, 4) is 11.5 Å². The largest absolute Gasteiger partial charge is 0.507 e. The molecule has 0 aromatic heterocycles. The predicted molar refractivity (Wildman–Crippen MR) is 110 cm³/mol. The van der Waals surface area contributed by atoms with Crippen LogP contribution in [0.1, 0.15) is 22.3 Å². The fourth-order valence-corrected chi connectivity index (χ4v) is 6.72. The molecule has 0 radical (unpaired) electrons. The van der Waals surface area contributed by atoms with Gasteiger partial charge in [0.2, 0.25) is 0 Å². The second-order valence-electron chi connectivity index (χ2n) is 6.66. The smallest absolute Gasteiger partial charge is 0.121 e. The van der Waals surface area contributed by atoms with Gasteiger partial charge in [0.1, 0.15) is 11.5 Å². The monoisotopic (exact) mass is 386 g/mol. The van der Waals surface area contributed by atoms with E-state index in [-0.39, 0.29) is 0 Å². The highest BCUT2D eigenvalue weighted by molar-refractivity contribution is 8.51. The molecule has 0 atom stereocenters. The summed E-state index contributed by atoms with van der Waals surface area (Å²) < 4.78 is 0. The Morgan fingerprint density at radius 3 is 1.31 bits per heavy atom. The standard InChI is InChI=1S/C22H23ClO2S/c1-14-10-19(11-15(2)21(14)24)26(23,18-8-6-5-7-9-18)20-12-16(3)22(25)17(4)13-20/h5-13,24-25H,1-4H3. The van der Waals surface area contributed by atoms with Gasteiger partial charge in [0.05, 0.1) is 0 Å². The number of halogens is 1. The molecule has 3 aromatic rings. The van der Waals surface area contributed by atoms with Crippen LogP contribution in [0.2, 0.25) is 0 Å². The minimum absolute atomic E-state index is 0.304. The van der Waals surface area contributed by atoms with E-state index >= 15 is 0 Å². The van der Waals surface area contributed by atoms with Crippen LogP contribution in [0.3, 0.4) is 0 Å². The molecule has 4 heteroatoms. The highest BCUT2D eigenvalue weighted by atomic mass is 35.7. The van der Waals surface area contributed by atoms with Crippen molar-refractivity contribution in [2.75, 3.05) is 0 Å². The van der Waals surface area contributed by atoms with Crippen LogP contribution >= 0.6 is 19.9 Å². The van der Waals surface area contributed by atoms with Gasteiger partial charge in [0.25, 0.3) is 0 Å². The molecule has 3 aromatic carbocycles. The zero-order chi connectivity index (χ0) is 19.1. The van der Waals surface area contributed by atoms with Gasteiger partial charge in [-0.3, -0.25) is 0 Å². The summed E-state index contributed by atoms with van der Waals surface area (Å²) in [4.78, 5) is 2.97. The average Bonchev–Trinajstić information content (AvgIpc) is 2.63. The molecule has 0 amide bonds. The van der Waals surface area contributed by atoms with Crippen LogP contribution in [0, 0.1) is 27.7 Å². The minimum Gasteiger partial charge on any atom is -0.507 e. The molecule has 0 spiro atoms. The van der Waals surface area contributed by atoms with Gasteiger partial charge in [-0.15, -0.1) is 0 Å². The summed E-state index contributed by atoms with van der Waals surface area (Å²) in [6.07, 6.45) is 0. The van der Waals surface area contributed by atoms with Gasteiger partial charge in [-0.2, -0.15) is 0 Å². The molecule has 0 aliphatic heterocycles. The molecule has 0 saturated carbocycles. The Kier molecular flexibility index (Phi) is 4.96. The maximum atomic E-state index is 10.2. The summed E-state index contributed by atoms with van der Waals surface area (Å²) in [7, 11) is 5.38. The molecule has 2 nitrogen and oxygen atoms in total. The number of benzene rings is 3. The lowest BCUT2D eigenvalue weighted by molar-refractivity contribution is 0.466. The van der Waals surface area contributed by atoms with Crippen molar-refractivity contribution in [1.29, 1.82) is 0 Å². The third kappa shape index (κ3) is 3.06. The van der Waals surface area contributed by atoms with Gasteiger partial charge >= 0.3 is 0 Å². The molecule has 0 aliphatic carbocycles. The first-order valence-electron chi connectivity index (χ1n) is 8.43. The number of aryl methyl sites for hydroxylation is 4. The number of phenols is 2. The molecular formula is C22H23ClO2S. The normalized spacial score (nSPS) is 12.2. The zero-order valence-electron chi connectivity index (χ0n) is 15.4. The van der Waals surface area contributed by atoms with Crippen molar-refractivity contribution in [1.82, 2.24) is 0 Å². The van der Waals surface area contributed by atoms with Gasteiger partial charge < -0.3 is 10.2 Å². The Hall–Kier alpha value is -2.10. The van der Waals surface area contributed by atoms with Crippen molar-refractivity contribution in [2.24, 2.45) is 0 Å². The van der Waals surface area contributed by atoms with Crippen LogP contribution in [0.15, 0.2) is 69.3 Å². The van der Waals surface area contributed by atoms with E-state index in [9.17, 15) is 10.2 Å². The fourth-order valence-electron chi connectivity index (χ4n) is 3.17. The van der Waals surface area contributed by atoms with E-state index in [0.29, 0.717) is 11.5 Å². The van der Waals surface area contributed by atoms with Gasteiger partial charge in [0, 0.05) is 14.7 Å². The maximum Gasteiger partial charge on any atom is 0.121 e.